The van der Waals surface area contributed by atoms with Gasteiger partial charge in [-0.1, -0.05) is 30.3 Å². The van der Waals surface area contributed by atoms with Crippen LogP contribution in [0.15, 0.2) is 42.5 Å². The Kier molecular flexibility index (Phi) is 2.85. The summed E-state index contributed by atoms with van der Waals surface area (Å²) in [6.45, 7) is 0. The smallest absolute Gasteiger partial charge is 0.123 e. The van der Waals surface area contributed by atoms with Crippen molar-refractivity contribution >= 4 is 0 Å². The van der Waals surface area contributed by atoms with Gasteiger partial charge in [-0.05, 0) is 60.1 Å². The number of benzene rings is 2. The Morgan fingerprint density at radius 3 is 2.45 bits per heavy atom. The molecule has 2 aliphatic carbocycles. The molecule has 1 unspecified atom stereocenters. The Bertz CT molecular complexity index is 625. The van der Waals surface area contributed by atoms with E-state index in [1.165, 1.54) is 22.3 Å². The summed E-state index contributed by atoms with van der Waals surface area (Å²) in [5.41, 5.74) is 5.42. The Morgan fingerprint density at radius 2 is 1.70 bits per heavy atom. The highest BCUT2D eigenvalue weighted by Gasteiger charge is 2.28. The van der Waals surface area contributed by atoms with Crippen molar-refractivity contribution < 1.29 is 4.39 Å². The zero-order valence-electron chi connectivity index (χ0n) is 11.4. The van der Waals surface area contributed by atoms with Crippen LogP contribution in [0.25, 0.3) is 0 Å². The lowest BCUT2D eigenvalue weighted by Crippen LogP contribution is -2.32. The Hall–Kier alpha value is -1.67. The van der Waals surface area contributed by atoms with Crippen LogP contribution < -0.4 is 5.32 Å². The molecule has 2 aromatic carbocycles. The molecule has 1 atom stereocenters. The van der Waals surface area contributed by atoms with Crippen LogP contribution in [0, 0.1) is 5.82 Å². The SMILES string of the molecule is Fc1ccc2c(c1)CCC2NC1Cc2ccccc2C1. The lowest BCUT2D eigenvalue weighted by atomic mass is 10.1. The van der Waals surface area contributed by atoms with Gasteiger partial charge in [0.1, 0.15) is 5.82 Å². The van der Waals surface area contributed by atoms with Gasteiger partial charge in [-0.3, -0.25) is 0 Å². The highest BCUT2D eigenvalue weighted by atomic mass is 19.1. The number of hydrogen-bond acceptors (Lipinski definition) is 1. The maximum absolute atomic E-state index is 13.3. The predicted octanol–water partition coefficient (Wildman–Crippen LogP) is 3.57. The highest BCUT2D eigenvalue weighted by molar-refractivity contribution is 5.37. The summed E-state index contributed by atoms with van der Waals surface area (Å²) < 4.78 is 13.3. The van der Waals surface area contributed by atoms with Gasteiger partial charge in [0.15, 0.2) is 0 Å². The minimum Gasteiger partial charge on any atom is -0.306 e. The van der Waals surface area contributed by atoms with Crippen molar-refractivity contribution in [2.75, 3.05) is 0 Å². The van der Waals surface area contributed by atoms with E-state index in [0.29, 0.717) is 12.1 Å². The van der Waals surface area contributed by atoms with Gasteiger partial charge in [-0.15, -0.1) is 0 Å². The molecule has 0 aliphatic heterocycles. The lowest BCUT2D eigenvalue weighted by Gasteiger charge is -2.19. The molecule has 2 aliphatic rings. The summed E-state index contributed by atoms with van der Waals surface area (Å²) in [7, 11) is 0. The van der Waals surface area contributed by atoms with E-state index in [1.54, 1.807) is 12.1 Å². The second-order valence-corrected chi connectivity index (χ2v) is 5.97. The first kappa shape index (κ1) is 12.1. The molecule has 2 aromatic rings. The maximum Gasteiger partial charge on any atom is 0.123 e. The molecule has 1 N–H and O–H groups in total. The van der Waals surface area contributed by atoms with E-state index < -0.39 is 0 Å². The van der Waals surface area contributed by atoms with Crippen molar-refractivity contribution in [2.24, 2.45) is 0 Å². The van der Waals surface area contributed by atoms with Crippen molar-refractivity contribution in [1.29, 1.82) is 0 Å². The monoisotopic (exact) mass is 267 g/mol. The molecule has 0 spiro atoms. The lowest BCUT2D eigenvalue weighted by molar-refractivity contribution is 0.443. The van der Waals surface area contributed by atoms with Gasteiger partial charge < -0.3 is 5.32 Å². The van der Waals surface area contributed by atoms with E-state index in [0.717, 1.165) is 25.7 Å². The Balaban J connectivity index is 1.50. The second kappa shape index (κ2) is 4.71. The van der Waals surface area contributed by atoms with Crippen LogP contribution in [0.3, 0.4) is 0 Å². The van der Waals surface area contributed by atoms with Crippen molar-refractivity contribution in [3.8, 4) is 0 Å². The number of fused-ring (bicyclic) bond motifs is 2. The average Bonchev–Trinajstić information content (AvgIpc) is 3.02. The number of hydrogen-bond donors (Lipinski definition) is 1. The van der Waals surface area contributed by atoms with Gasteiger partial charge in [0.2, 0.25) is 0 Å². The minimum absolute atomic E-state index is 0.113. The average molecular weight is 267 g/mol. The summed E-state index contributed by atoms with van der Waals surface area (Å²) in [5, 5.41) is 3.78. The topological polar surface area (TPSA) is 12.0 Å². The molecule has 0 amide bonds. The molecule has 0 aromatic heterocycles. The molecular weight excluding hydrogens is 249 g/mol. The summed E-state index contributed by atoms with van der Waals surface area (Å²) in [6.07, 6.45) is 4.31. The van der Waals surface area contributed by atoms with E-state index in [4.69, 9.17) is 0 Å². The fourth-order valence-electron chi connectivity index (χ4n) is 3.72. The van der Waals surface area contributed by atoms with Gasteiger partial charge in [0, 0.05) is 12.1 Å². The third-order valence-corrected chi connectivity index (χ3v) is 4.67. The van der Waals surface area contributed by atoms with Crippen LogP contribution in [0.4, 0.5) is 4.39 Å². The summed E-state index contributed by atoms with van der Waals surface area (Å²) in [6, 6.07) is 14.9. The molecule has 2 heteroatoms. The number of aryl methyl sites for hydroxylation is 1. The van der Waals surface area contributed by atoms with Gasteiger partial charge >= 0.3 is 0 Å². The minimum atomic E-state index is -0.113. The molecule has 4 rings (SSSR count). The summed E-state index contributed by atoms with van der Waals surface area (Å²) >= 11 is 0. The van der Waals surface area contributed by atoms with Crippen molar-refractivity contribution in [3.05, 3.63) is 70.5 Å². The van der Waals surface area contributed by atoms with E-state index in [-0.39, 0.29) is 5.82 Å². The molecule has 102 valence electrons. The summed E-state index contributed by atoms with van der Waals surface area (Å²) in [4.78, 5) is 0. The molecule has 0 radical (unpaired) electrons. The first-order valence-corrected chi connectivity index (χ1v) is 7.41. The molecule has 1 nitrogen and oxygen atoms in total. The van der Waals surface area contributed by atoms with Crippen LogP contribution >= 0.6 is 0 Å². The van der Waals surface area contributed by atoms with E-state index >= 15 is 0 Å². The Morgan fingerprint density at radius 1 is 0.950 bits per heavy atom. The zero-order chi connectivity index (χ0) is 13.5. The standard InChI is InChI=1S/C18H18FN/c19-15-6-7-17-14(9-15)5-8-18(17)20-16-10-12-3-1-2-4-13(12)11-16/h1-4,6-7,9,16,18,20H,5,8,10-11H2. The van der Waals surface area contributed by atoms with Crippen molar-refractivity contribution in [1.82, 2.24) is 5.32 Å². The van der Waals surface area contributed by atoms with Crippen LogP contribution in [0.5, 0.6) is 0 Å². The normalized spacial score (nSPS) is 20.9. The Labute approximate surface area is 118 Å². The zero-order valence-corrected chi connectivity index (χ0v) is 11.4. The van der Waals surface area contributed by atoms with E-state index in [2.05, 4.69) is 29.6 Å². The number of halogens is 1. The molecule has 0 bridgehead atoms. The van der Waals surface area contributed by atoms with Crippen LogP contribution in [-0.4, -0.2) is 6.04 Å². The molecule has 0 heterocycles. The predicted molar refractivity (Wildman–Crippen MR) is 78.2 cm³/mol. The maximum atomic E-state index is 13.3. The first-order valence-electron chi connectivity index (χ1n) is 7.41. The summed E-state index contributed by atoms with van der Waals surface area (Å²) in [5.74, 6) is -0.113. The molecule has 20 heavy (non-hydrogen) atoms. The van der Waals surface area contributed by atoms with Crippen LogP contribution in [0.1, 0.15) is 34.7 Å². The fraction of sp³-hybridized carbons (Fsp3) is 0.333. The quantitative estimate of drug-likeness (QED) is 0.877. The highest BCUT2D eigenvalue weighted by Crippen LogP contribution is 2.33. The fourth-order valence-corrected chi connectivity index (χ4v) is 3.72. The van der Waals surface area contributed by atoms with E-state index in [9.17, 15) is 4.39 Å². The van der Waals surface area contributed by atoms with E-state index in [1.807, 2.05) is 6.07 Å². The van der Waals surface area contributed by atoms with Crippen molar-refractivity contribution in [2.45, 2.75) is 37.8 Å². The molecule has 0 saturated carbocycles. The van der Waals surface area contributed by atoms with Gasteiger partial charge in [0.05, 0.1) is 0 Å². The van der Waals surface area contributed by atoms with Crippen LogP contribution in [0.2, 0.25) is 0 Å². The van der Waals surface area contributed by atoms with Gasteiger partial charge in [-0.25, -0.2) is 4.39 Å². The number of rotatable bonds is 2. The largest absolute Gasteiger partial charge is 0.306 e. The van der Waals surface area contributed by atoms with Gasteiger partial charge in [-0.2, -0.15) is 0 Å². The molecule has 0 saturated heterocycles. The van der Waals surface area contributed by atoms with Crippen molar-refractivity contribution in [3.63, 3.8) is 0 Å². The van der Waals surface area contributed by atoms with Crippen LogP contribution in [-0.2, 0) is 19.3 Å². The van der Waals surface area contributed by atoms with Gasteiger partial charge in [0.25, 0.3) is 0 Å². The second-order valence-electron chi connectivity index (χ2n) is 5.97. The first-order chi connectivity index (χ1) is 9.79. The third kappa shape index (κ3) is 2.04. The third-order valence-electron chi connectivity index (χ3n) is 4.67. The molecule has 0 fully saturated rings. The molecular formula is C18H18FN. The number of nitrogens with one attached hydrogen (secondary N) is 1.